The van der Waals surface area contributed by atoms with E-state index < -0.39 is 4.92 Å². The third kappa shape index (κ3) is 4.86. The van der Waals surface area contributed by atoms with Crippen molar-refractivity contribution < 1.29 is 9.66 Å². The van der Waals surface area contributed by atoms with E-state index in [2.05, 4.69) is 19.2 Å². The summed E-state index contributed by atoms with van der Waals surface area (Å²) < 4.78 is 5.50. The van der Waals surface area contributed by atoms with Gasteiger partial charge in [-0.1, -0.05) is 20.8 Å². The molecule has 0 radical (unpaired) electrons. The van der Waals surface area contributed by atoms with Crippen molar-refractivity contribution >= 4 is 5.69 Å². The summed E-state index contributed by atoms with van der Waals surface area (Å²) in [7, 11) is 0. The molecular weight excluding hydrogens is 258 g/mol. The van der Waals surface area contributed by atoms with Crippen molar-refractivity contribution in [2.24, 2.45) is 5.92 Å². The Morgan fingerprint density at radius 1 is 1.45 bits per heavy atom. The zero-order valence-corrected chi connectivity index (χ0v) is 11.9. The van der Waals surface area contributed by atoms with Crippen LogP contribution < -0.4 is 10.1 Å². The number of hydrogen-bond donors (Lipinski definition) is 1. The van der Waals surface area contributed by atoms with Crippen molar-refractivity contribution in [3.05, 3.63) is 33.9 Å². The normalized spacial score (nSPS) is 11.9. The Hall–Kier alpha value is -2.13. The zero-order valence-electron chi connectivity index (χ0n) is 11.9. The van der Waals surface area contributed by atoms with Crippen LogP contribution in [0.5, 0.6) is 5.75 Å². The summed E-state index contributed by atoms with van der Waals surface area (Å²) in [5.41, 5.74) is 0.0756. The fraction of sp³-hybridized carbons (Fsp3) is 0.500. The number of nitrogens with zero attached hydrogens (tertiary/aromatic N) is 2. The largest absolute Gasteiger partial charge is 0.486 e. The first kappa shape index (κ1) is 15.9. The number of rotatable bonds is 7. The molecule has 1 unspecified atom stereocenters. The number of hydrogen-bond acceptors (Lipinski definition) is 5. The second-order valence-electron chi connectivity index (χ2n) is 5.03. The Morgan fingerprint density at radius 2 is 2.15 bits per heavy atom. The Morgan fingerprint density at radius 3 is 2.70 bits per heavy atom. The molecule has 6 heteroatoms. The van der Waals surface area contributed by atoms with Crippen molar-refractivity contribution in [2.45, 2.75) is 26.8 Å². The molecule has 0 bridgehead atoms. The van der Waals surface area contributed by atoms with Gasteiger partial charge < -0.3 is 10.1 Å². The van der Waals surface area contributed by atoms with Crippen molar-refractivity contribution in [3.63, 3.8) is 0 Å². The highest BCUT2D eigenvalue weighted by Gasteiger charge is 2.17. The summed E-state index contributed by atoms with van der Waals surface area (Å²) in [5, 5.41) is 23.0. The standard InChI is InChI=1S/C14H19N3O3/c1-10(2)16-8-11(3)9-20-14-5-4-12(7-15)6-13(14)17(18)19/h4-6,10-11,16H,8-9H2,1-3H3. The van der Waals surface area contributed by atoms with Gasteiger partial charge in [0.1, 0.15) is 0 Å². The molecule has 0 aliphatic heterocycles. The van der Waals surface area contributed by atoms with Crippen LogP contribution in [0.3, 0.4) is 0 Å². The summed E-state index contributed by atoms with van der Waals surface area (Å²) in [6, 6.07) is 6.48. The molecule has 0 saturated heterocycles. The predicted molar refractivity (Wildman–Crippen MR) is 75.6 cm³/mol. The fourth-order valence-corrected chi connectivity index (χ4v) is 1.58. The van der Waals surface area contributed by atoms with Crippen LogP contribution in [0.2, 0.25) is 0 Å². The Bertz CT molecular complexity index is 509. The molecule has 0 aliphatic rings. The summed E-state index contributed by atoms with van der Waals surface area (Å²) >= 11 is 0. The van der Waals surface area contributed by atoms with Crippen molar-refractivity contribution in [3.8, 4) is 11.8 Å². The topological polar surface area (TPSA) is 88.2 Å². The van der Waals surface area contributed by atoms with Gasteiger partial charge in [0, 0.05) is 24.6 Å². The Balaban J connectivity index is 2.68. The smallest absolute Gasteiger partial charge is 0.312 e. The third-order valence-corrected chi connectivity index (χ3v) is 2.68. The van der Waals surface area contributed by atoms with Crippen LogP contribution >= 0.6 is 0 Å². The monoisotopic (exact) mass is 277 g/mol. The zero-order chi connectivity index (χ0) is 15.1. The average molecular weight is 277 g/mol. The maximum absolute atomic E-state index is 11.0. The van der Waals surface area contributed by atoms with E-state index in [1.165, 1.54) is 18.2 Å². The molecule has 0 heterocycles. The van der Waals surface area contributed by atoms with Crippen LogP contribution in [0, 0.1) is 27.4 Å². The van der Waals surface area contributed by atoms with E-state index in [-0.39, 0.29) is 22.9 Å². The minimum atomic E-state index is -0.535. The molecule has 1 rings (SSSR count). The van der Waals surface area contributed by atoms with Gasteiger partial charge in [0.15, 0.2) is 5.75 Å². The molecule has 0 fully saturated rings. The SMILES string of the molecule is CC(CNC(C)C)COc1ccc(C#N)cc1[N+](=O)[O-]. The van der Waals surface area contributed by atoms with Gasteiger partial charge in [0.25, 0.3) is 0 Å². The summed E-state index contributed by atoms with van der Waals surface area (Å²) in [5.74, 6) is 0.429. The van der Waals surface area contributed by atoms with Gasteiger partial charge in [-0.05, 0) is 12.1 Å². The van der Waals surface area contributed by atoms with Crippen LogP contribution in [-0.4, -0.2) is 24.1 Å². The average Bonchev–Trinajstić information content (AvgIpc) is 2.42. The number of ether oxygens (including phenoxy) is 1. The van der Waals surface area contributed by atoms with Crippen LogP contribution in [0.4, 0.5) is 5.69 Å². The maximum atomic E-state index is 11.0. The van der Waals surface area contributed by atoms with Gasteiger partial charge in [-0.25, -0.2) is 0 Å². The summed E-state index contributed by atoms with van der Waals surface area (Å²) in [6.45, 7) is 7.27. The number of nitro benzene ring substituents is 1. The molecule has 6 nitrogen and oxygen atoms in total. The molecule has 20 heavy (non-hydrogen) atoms. The number of benzene rings is 1. The minimum Gasteiger partial charge on any atom is -0.486 e. The maximum Gasteiger partial charge on any atom is 0.312 e. The van der Waals surface area contributed by atoms with Gasteiger partial charge in [0.2, 0.25) is 0 Å². The Labute approximate surface area is 118 Å². The van der Waals surface area contributed by atoms with Gasteiger partial charge in [-0.3, -0.25) is 10.1 Å². The Kier molecular flexibility index (Phi) is 5.94. The fourth-order valence-electron chi connectivity index (χ4n) is 1.58. The van der Waals surface area contributed by atoms with Crippen molar-refractivity contribution in [2.75, 3.05) is 13.2 Å². The molecule has 0 saturated carbocycles. The molecule has 0 aliphatic carbocycles. The highest BCUT2D eigenvalue weighted by atomic mass is 16.6. The molecule has 1 aromatic rings. The molecular formula is C14H19N3O3. The van der Waals surface area contributed by atoms with Gasteiger partial charge >= 0.3 is 5.69 Å². The van der Waals surface area contributed by atoms with Crippen molar-refractivity contribution in [1.82, 2.24) is 5.32 Å². The van der Waals surface area contributed by atoms with Crippen LogP contribution in [0.25, 0.3) is 0 Å². The summed E-state index contributed by atoms with van der Waals surface area (Å²) in [4.78, 5) is 10.4. The molecule has 0 amide bonds. The summed E-state index contributed by atoms with van der Waals surface area (Å²) in [6.07, 6.45) is 0. The lowest BCUT2D eigenvalue weighted by molar-refractivity contribution is -0.385. The number of nitro groups is 1. The quantitative estimate of drug-likeness (QED) is 0.611. The molecule has 1 N–H and O–H groups in total. The minimum absolute atomic E-state index is 0.173. The van der Waals surface area contributed by atoms with E-state index >= 15 is 0 Å². The molecule has 0 aromatic heterocycles. The van der Waals surface area contributed by atoms with E-state index in [0.29, 0.717) is 12.6 Å². The van der Waals surface area contributed by atoms with Gasteiger partial charge in [-0.15, -0.1) is 0 Å². The lowest BCUT2D eigenvalue weighted by Gasteiger charge is -2.15. The lowest BCUT2D eigenvalue weighted by Crippen LogP contribution is -2.30. The third-order valence-electron chi connectivity index (χ3n) is 2.68. The van der Waals surface area contributed by atoms with Gasteiger partial charge in [0.05, 0.1) is 23.2 Å². The number of nitriles is 1. The highest BCUT2D eigenvalue weighted by molar-refractivity contribution is 5.51. The molecule has 108 valence electrons. The van der Waals surface area contributed by atoms with E-state index in [1.54, 1.807) is 0 Å². The van der Waals surface area contributed by atoms with Crippen LogP contribution in [0.1, 0.15) is 26.3 Å². The molecule has 0 spiro atoms. The van der Waals surface area contributed by atoms with E-state index in [4.69, 9.17) is 10.00 Å². The van der Waals surface area contributed by atoms with Crippen LogP contribution in [0.15, 0.2) is 18.2 Å². The number of nitrogens with one attached hydrogen (secondary N) is 1. The second kappa shape index (κ2) is 7.46. The van der Waals surface area contributed by atoms with E-state index in [9.17, 15) is 10.1 Å². The second-order valence-corrected chi connectivity index (χ2v) is 5.03. The lowest BCUT2D eigenvalue weighted by atomic mass is 10.2. The van der Waals surface area contributed by atoms with Gasteiger partial charge in [-0.2, -0.15) is 5.26 Å². The molecule has 1 atom stereocenters. The first-order chi connectivity index (χ1) is 9.43. The first-order valence-electron chi connectivity index (χ1n) is 6.48. The highest BCUT2D eigenvalue weighted by Crippen LogP contribution is 2.28. The van der Waals surface area contributed by atoms with E-state index in [0.717, 1.165) is 6.54 Å². The van der Waals surface area contributed by atoms with E-state index in [1.807, 2.05) is 13.0 Å². The molecule has 1 aromatic carbocycles. The predicted octanol–water partition coefficient (Wildman–Crippen LogP) is 2.48. The van der Waals surface area contributed by atoms with Crippen LogP contribution in [-0.2, 0) is 0 Å². The first-order valence-corrected chi connectivity index (χ1v) is 6.48. The van der Waals surface area contributed by atoms with Crippen molar-refractivity contribution in [1.29, 1.82) is 5.26 Å².